The zero-order valence-electron chi connectivity index (χ0n) is 17.7. The number of aromatic hydroxyl groups is 1. The Morgan fingerprint density at radius 3 is 2.22 bits per heavy atom. The summed E-state index contributed by atoms with van der Waals surface area (Å²) >= 11 is 0. The number of benzene rings is 3. The second kappa shape index (κ2) is 11.3. The van der Waals surface area contributed by atoms with Crippen molar-refractivity contribution in [3.8, 4) is 11.5 Å². The molecule has 0 atom stereocenters. The predicted molar refractivity (Wildman–Crippen MR) is 123 cm³/mol. The van der Waals surface area contributed by atoms with Crippen molar-refractivity contribution in [1.82, 2.24) is 10.7 Å². The standard InChI is InChI=1S/C25H25N3O4/c1-2-32-22-15-18(13-14-21(22)29)16-27-28-23(30)17-26-25(31)24(19-9-5-3-6-10-19)20-11-7-4-8-12-20/h3-16,24,29H,2,17H2,1H3,(H,26,31)(H,28,30). The maximum Gasteiger partial charge on any atom is 0.259 e. The number of hydrogen-bond donors (Lipinski definition) is 3. The van der Waals surface area contributed by atoms with Gasteiger partial charge in [0.2, 0.25) is 5.91 Å². The van der Waals surface area contributed by atoms with E-state index in [4.69, 9.17) is 4.74 Å². The summed E-state index contributed by atoms with van der Waals surface area (Å²) in [6, 6.07) is 23.6. The van der Waals surface area contributed by atoms with Gasteiger partial charge in [0, 0.05) is 0 Å². The number of hydrogen-bond acceptors (Lipinski definition) is 5. The number of phenols is 1. The molecule has 0 heterocycles. The van der Waals surface area contributed by atoms with Crippen LogP contribution in [0.4, 0.5) is 0 Å². The smallest absolute Gasteiger partial charge is 0.259 e. The number of carbonyl (C=O) groups is 2. The third-order valence-electron chi connectivity index (χ3n) is 4.64. The highest BCUT2D eigenvalue weighted by atomic mass is 16.5. The van der Waals surface area contributed by atoms with Gasteiger partial charge >= 0.3 is 0 Å². The number of amides is 2. The average Bonchev–Trinajstić information content (AvgIpc) is 2.81. The Morgan fingerprint density at radius 2 is 1.62 bits per heavy atom. The molecule has 7 nitrogen and oxygen atoms in total. The molecule has 3 N–H and O–H groups in total. The van der Waals surface area contributed by atoms with Crippen molar-refractivity contribution >= 4 is 18.0 Å². The van der Waals surface area contributed by atoms with Crippen LogP contribution < -0.4 is 15.5 Å². The van der Waals surface area contributed by atoms with Crippen LogP contribution in [0.3, 0.4) is 0 Å². The minimum atomic E-state index is -0.525. The SMILES string of the molecule is CCOc1cc(C=NNC(=O)CNC(=O)C(c2ccccc2)c2ccccc2)ccc1O. The number of phenolic OH excluding ortho intramolecular Hbond substituents is 1. The molecule has 2 amide bonds. The van der Waals surface area contributed by atoms with E-state index in [2.05, 4.69) is 15.8 Å². The first kappa shape index (κ1) is 22.6. The summed E-state index contributed by atoms with van der Waals surface area (Å²) in [6.45, 7) is 2.01. The van der Waals surface area contributed by atoms with Crippen LogP contribution in [0.5, 0.6) is 11.5 Å². The van der Waals surface area contributed by atoms with Crippen LogP contribution in [0, 0.1) is 0 Å². The van der Waals surface area contributed by atoms with Crippen LogP contribution in [0.1, 0.15) is 29.5 Å². The predicted octanol–water partition coefficient (Wildman–Crippen LogP) is 3.19. The van der Waals surface area contributed by atoms with Crippen molar-refractivity contribution in [2.45, 2.75) is 12.8 Å². The molecular weight excluding hydrogens is 406 g/mol. The molecule has 0 saturated heterocycles. The summed E-state index contributed by atoms with van der Waals surface area (Å²) in [4.78, 5) is 25.1. The zero-order chi connectivity index (χ0) is 22.8. The quantitative estimate of drug-likeness (QED) is 0.358. The summed E-state index contributed by atoms with van der Waals surface area (Å²) in [5, 5.41) is 16.3. The second-order valence-corrected chi connectivity index (χ2v) is 6.93. The molecule has 0 aromatic heterocycles. The molecule has 7 heteroatoms. The Hall–Kier alpha value is -4.13. The van der Waals surface area contributed by atoms with Crippen molar-refractivity contribution in [3.63, 3.8) is 0 Å². The Morgan fingerprint density at radius 1 is 1.00 bits per heavy atom. The van der Waals surface area contributed by atoms with E-state index in [0.717, 1.165) is 11.1 Å². The van der Waals surface area contributed by atoms with E-state index >= 15 is 0 Å². The highest BCUT2D eigenvalue weighted by Crippen LogP contribution is 2.26. The molecule has 0 aliphatic rings. The first-order valence-electron chi connectivity index (χ1n) is 10.2. The normalized spacial score (nSPS) is 10.8. The highest BCUT2D eigenvalue weighted by Gasteiger charge is 2.22. The molecule has 0 saturated carbocycles. The zero-order valence-corrected chi connectivity index (χ0v) is 17.7. The van der Waals surface area contributed by atoms with Crippen molar-refractivity contribution in [2.75, 3.05) is 13.2 Å². The van der Waals surface area contributed by atoms with Crippen molar-refractivity contribution in [1.29, 1.82) is 0 Å². The Balaban J connectivity index is 1.59. The maximum absolute atomic E-state index is 12.9. The van der Waals surface area contributed by atoms with Crippen molar-refractivity contribution in [3.05, 3.63) is 95.6 Å². The van der Waals surface area contributed by atoms with Gasteiger partial charge in [-0.3, -0.25) is 9.59 Å². The summed E-state index contributed by atoms with van der Waals surface area (Å²) in [5.41, 5.74) is 4.71. The molecule has 0 aliphatic carbocycles. The second-order valence-electron chi connectivity index (χ2n) is 6.93. The van der Waals surface area contributed by atoms with Gasteiger partial charge in [-0.1, -0.05) is 60.7 Å². The maximum atomic E-state index is 12.9. The summed E-state index contributed by atoms with van der Waals surface area (Å²) in [5.74, 6) is -0.896. The lowest BCUT2D eigenvalue weighted by Crippen LogP contribution is -2.37. The number of rotatable bonds is 9. The number of nitrogens with zero attached hydrogens (tertiary/aromatic N) is 1. The van der Waals surface area contributed by atoms with Gasteiger partial charge in [-0.15, -0.1) is 0 Å². The summed E-state index contributed by atoms with van der Waals surface area (Å²) < 4.78 is 5.32. The van der Waals surface area contributed by atoms with Crippen LogP contribution in [-0.2, 0) is 9.59 Å². The Bertz CT molecular complexity index is 1030. The minimum absolute atomic E-state index is 0.0298. The van der Waals surface area contributed by atoms with Gasteiger partial charge in [0.15, 0.2) is 11.5 Å². The van der Waals surface area contributed by atoms with Crippen LogP contribution in [0.15, 0.2) is 84.0 Å². The van der Waals surface area contributed by atoms with Gasteiger partial charge in [0.1, 0.15) is 0 Å². The third kappa shape index (κ3) is 6.18. The lowest BCUT2D eigenvalue weighted by molar-refractivity contribution is -0.126. The summed E-state index contributed by atoms with van der Waals surface area (Å²) in [7, 11) is 0. The van der Waals surface area contributed by atoms with Crippen LogP contribution >= 0.6 is 0 Å². The molecular formula is C25H25N3O4. The van der Waals surface area contributed by atoms with Gasteiger partial charge < -0.3 is 15.2 Å². The van der Waals surface area contributed by atoms with Crippen LogP contribution in [-0.4, -0.2) is 36.3 Å². The van der Waals surface area contributed by atoms with Crippen LogP contribution in [0.25, 0.3) is 0 Å². The minimum Gasteiger partial charge on any atom is -0.504 e. The number of hydrazone groups is 1. The van der Waals surface area contributed by atoms with Gasteiger partial charge in [-0.25, -0.2) is 5.43 Å². The molecule has 3 aromatic rings. The Labute approximate surface area is 186 Å². The first-order chi connectivity index (χ1) is 15.6. The third-order valence-corrected chi connectivity index (χ3v) is 4.64. The molecule has 0 fully saturated rings. The molecule has 0 spiro atoms. The van der Waals surface area contributed by atoms with Gasteiger partial charge in [0.05, 0.1) is 25.3 Å². The molecule has 0 radical (unpaired) electrons. The number of nitrogens with one attached hydrogen (secondary N) is 2. The number of ether oxygens (including phenoxy) is 1. The van der Waals surface area contributed by atoms with E-state index in [1.165, 1.54) is 12.3 Å². The molecule has 3 rings (SSSR count). The largest absolute Gasteiger partial charge is 0.504 e. The fraction of sp³-hybridized carbons (Fsp3) is 0.160. The molecule has 3 aromatic carbocycles. The van der Waals surface area contributed by atoms with E-state index in [1.54, 1.807) is 12.1 Å². The van der Waals surface area contributed by atoms with Crippen molar-refractivity contribution in [2.24, 2.45) is 5.10 Å². The molecule has 0 bridgehead atoms. The topological polar surface area (TPSA) is 100 Å². The van der Waals surface area contributed by atoms with Crippen molar-refractivity contribution < 1.29 is 19.4 Å². The lowest BCUT2D eigenvalue weighted by atomic mass is 9.90. The van der Waals surface area contributed by atoms with E-state index in [-0.39, 0.29) is 18.2 Å². The molecule has 32 heavy (non-hydrogen) atoms. The highest BCUT2D eigenvalue weighted by molar-refractivity contribution is 5.91. The van der Waals surface area contributed by atoms with Crippen LogP contribution in [0.2, 0.25) is 0 Å². The molecule has 0 unspecified atom stereocenters. The molecule has 164 valence electrons. The van der Waals surface area contributed by atoms with Gasteiger partial charge in [0.25, 0.3) is 5.91 Å². The summed E-state index contributed by atoms with van der Waals surface area (Å²) in [6.07, 6.45) is 1.43. The van der Waals surface area contributed by atoms with E-state index < -0.39 is 11.8 Å². The van der Waals surface area contributed by atoms with Gasteiger partial charge in [-0.05, 0) is 41.8 Å². The fourth-order valence-corrected chi connectivity index (χ4v) is 3.16. The van der Waals surface area contributed by atoms with E-state index in [0.29, 0.717) is 17.9 Å². The lowest BCUT2D eigenvalue weighted by Gasteiger charge is -2.17. The molecule has 0 aliphatic heterocycles. The number of carbonyl (C=O) groups excluding carboxylic acids is 2. The average molecular weight is 431 g/mol. The first-order valence-corrected chi connectivity index (χ1v) is 10.2. The van der Waals surface area contributed by atoms with Gasteiger partial charge in [-0.2, -0.15) is 5.10 Å². The van der Waals surface area contributed by atoms with E-state index in [1.807, 2.05) is 67.6 Å². The fourth-order valence-electron chi connectivity index (χ4n) is 3.16. The Kier molecular flexibility index (Phi) is 7.97. The monoisotopic (exact) mass is 431 g/mol. The van der Waals surface area contributed by atoms with E-state index in [9.17, 15) is 14.7 Å².